The molecule has 0 N–H and O–H groups in total. The van der Waals surface area contributed by atoms with Crippen LogP contribution in [0.1, 0.15) is 27.7 Å². The molecule has 0 bridgehead atoms. The first-order valence-electron chi connectivity index (χ1n) is 5.15. The number of alkyl halides is 1. The van der Waals surface area contributed by atoms with E-state index in [0.717, 1.165) is 11.3 Å². The van der Waals surface area contributed by atoms with Gasteiger partial charge in [0.15, 0.2) is 0 Å². The van der Waals surface area contributed by atoms with Gasteiger partial charge in [-0.15, -0.1) is 17.3 Å². The highest BCUT2D eigenvalue weighted by atomic mass is 35.5. The van der Waals surface area contributed by atoms with Crippen molar-refractivity contribution in [3.63, 3.8) is 0 Å². The molecule has 0 saturated carbocycles. The van der Waals surface area contributed by atoms with Crippen molar-refractivity contribution in [1.82, 2.24) is 0 Å². The SMILES string of the molecule is C/C(CCl)=C(/C)CSS(=O)C=C=CC(C)C. The fraction of sp³-hybridized carbons (Fsp3) is 0.583. The average Bonchev–Trinajstić information content (AvgIpc) is 2.24. The Kier molecular flexibility index (Phi) is 9.15. The number of halogens is 1. The molecule has 0 radical (unpaired) electrons. The van der Waals surface area contributed by atoms with Gasteiger partial charge in [0.2, 0.25) is 0 Å². The number of hydrogen-bond acceptors (Lipinski definition) is 2. The Labute approximate surface area is 110 Å². The van der Waals surface area contributed by atoms with Crippen LogP contribution in [-0.2, 0) is 9.83 Å². The molecule has 0 aromatic heterocycles. The Morgan fingerprint density at radius 1 is 1.44 bits per heavy atom. The molecule has 4 heteroatoms. The molecular formula is C12H19ClOS2. The van der Waals surface area contributed by atoms with Crippen LogP contribution in [0.4, 0.5) is 0 Å². The molecule has 16 heavy (non-hydrogen) atoms. The summed E-state index contributed by atoms with van der Waals surface area (Å²) in [5, 5.41) is 1.61. The predicted octanol–water partition coefficient (Wildman–Crippen LogP) is 4.28. The highest BCUT2D eigenvalue weighted by molar-refractivity contribution is 8.70. The Morgan fingerprint density at radius 2 is 2.06 bits per heavy atom. The second-order valence-electron chi connectivity index (χ2n) is 3.91. The van der Waals surface area contributed by atoms with Crippen molar-refractivity contribution in [2.24, 2.45) is 5.92 Å². The van der Waals surface area contributed by atoms with Gasteiger partial charge >= 0.3 is 0 Å². The van der Waals surface area contributed by atoms with E-state index in [1.54, 1.807) is 5.41 Å². The van der Waals surface area contributed by atoms with E-state index in [4.69, 9.17) is 11.6 Å². The molecule has 0 aliphatic heterocycles. The highest BCUT2D eigenvalue weighted by Crippen LogP contribution is 2.16. The van der Waals surface area contributed by atoms with E-state index in [-0.39, 0.29) is 0 Å². The van der Waals surface area contributed by atoms with Crippen LogP contribution in [-0.4, -0.2) is 15.8 Å². The second-order valence-corrected chi connectivity index (χ2v) is 7.15. The average molecular weight is 279 g/mol. The molecule has 0 aliphatic rings. The lowest BCUT2D eigenvalue weighted by molar-refractivity contribution is 0.696. The van der Waals surface area contributed by atoms with Gasteiger partial charge in [0.1, 0.15) is 9.83 Å². The van der Waals surface area contributed by atoms with E-state index in [0.29, 0.717) is 11.8 Å². The maximum Gasteiger partial charge on any atom is 0.113 e. The minimum absolute atomic E-state index is 0.443. The predicted molar refractivity (Wildman–Crippen MR) is 77.2 cm³/mol. The summed E-state index contributed by atoms with van der Waals surface area (Å²) in [6.07, 6.45) is 1.91. The second kappa shape index (κ2) is 9.12. The van der Waals surface area contributed by atoms with Crippen LogP contribution in [0.2, 0.25) is 0 Å². The van der Waals surface area contributed by atoms with Crippen molar-refractivity contribution in [3.8, 4) is 0 Å². The van der Waals surface area contributed by atoms with E-state index >= 15 is 0 Å². The summed E-state index contributed by atoms with van der Waals surface area (Å²) in [5.74, 6) is 1.74. The van der Waals surface area contributed by atoms with E-state index in [2.05, 4.69) is 19.6 Å². The van der Waals surface area contributed by atoms with Gasteiger partial charge < -0.3 is 0 Å². The van der Waals surface area contributed by atoms with Gasteiger partial charge in [0.25, 0.3) is 0 Å². The third-order valence-electron chi connectivity index (χ3n) is 1.91. The quantitative estimate of drug-likeness (QED) is 0.312. The van der Waals surface area contributed by atoms with Gasteiger partial charge in [-0.25, -0.2) is 4.21 Å². The molecular weight excluding hydrogens is 260 g/mol. The van der Waals surface area contributed by atoms with Gasteiger partial charge in [0.05, 0.1) is 5.41 Å². The van der Waals surface area contributed by atoms with Crippen LogP contribution >= 0.6 is 22.4 Å². The minimum atomic E-state index is -1.00. The zero-order chi connectivity index (χ0) is 12.6. The van der Waals surface area contributed by atoms with Gasteiger partial charge in [0, 0.05) is 11.6 Å². The largest absolute Gasteiger partial charge is 0.243 e. The van der Waals surface area contributed by atoms with Gasteiger partial charge in [-0.2, -0.15) is 0 Å². The van der Waals surface area contributed by atoms with Gasteiger partial charge in [-0.3, -0.25) is 0 Å². The molecule has 0 amide bonds. The monoisotopic (exact) mass is 278 g/mol. The lowest BCUT2D eigenvalue weighted by Crippen LogP contribution is -1.90. The zero-order valence-corrected chi connectivity index (χ0v) is 12.6. The zero-order valence-electron chi connectivity index (χ0n) is 10.2. The van der Waals surface area contributed by atoms with Gasteiger partial charge in [-0.1, -0.05) is 35.8 Å². The van der Waals surface area contributed by atoms with E-state index in [9.17, 15) is 4.21 Å². The fourth-order valence-electron chi connectivity index (χ4n) is 0.705. The summed E-state index contributed by atoms with van der Waals surface area (Å²) >= 11 is 5.71. The lowest BCUT2D eigenvalue weighted by Gasteiger charge is -2.02. The summed E-state index contributed by atoms with van der Waals surface area (Å²) < 4.78 is 11.5. The summed E-state index contributed by atoms with van der Waals surface area (Å²) in [6.45, 7) is 8.15. The number of rotatable bonds is 6. The first-order chi connectivity index (χ1) is 7.47. The number of allylic oxidation sites excluding steroid dienone is 2. The molecule has 1 atom stereocenters. The third kappa shape index (κ3) is 8.23. The normalized spacial score (nSPS) is 14.1. The molecule has 0 aliphatic carbocycles. The molecule has 92 valence electrons. The van der Waals surface area contributed by atoms with Crippen LogP contribution in [0.3, 0.4) is 0 Å². The molecule has 0 aromatic carbocycles. The van der Waals surface area contributed by atoms with Crippen LogP contribution in [0, 0.1) is 5.92 Å². The van der Waals surface area contributed by atoms with Crippen molar-refractivity contribution in [3.05, 3.63) is 28.4 Å². The molecule has 0 aromatic rings. The minimum Gasteiger partial charge on any atom is -0.243 e. The molecule has 1 nitrogen and oxygen atoms in total. The van der Waals surface area contributed by atoms with Crippen molar-refractivity contribution in [2.45, 2.75) is 27.7 Å². The molecule has 0 rings (SSSR count). The van der Waals surface area contributed by atoms with Crippen LogP contribution in [0.15, 0.2) is 28.4 Å². The molecule has 0 heterocycles. The van der Waals surface area contributed by atoms with Crippen LogP contribution < -0.4 is 0 Å². The Bertz CT molecular complexity index is 326. The lowest BCUT2D eigenvalue weighted by atomic mass is 10.2. The Morgan fingerprint density at radius 3 is 2.56 bits per heavy atom. The molecule has 1 unspecified atom stereocenters. The highest BCUT2D eigenvalue weighted by Gasteiger charge is 1.99. The molecule has 0 spiro atoms. The van der Waals surface area contributed by atoms with E-state index in [1.807, 2.05) is 19.9 Å². The maximum atomic E-state index is 11.5. The summed E-state index contributed by atoms with van der Waals surface area (Å²) in [7, 11) is 0.394. The first kappa shape index (κ1) is 16.1. The summed E-state index contributed by atoms with van der Waals surface area (Å²) in [5.41, 5.74) is 5.30. The molecule has 0 saturated heterocycles. The van der Waals surface area contributed by atoms with Gasteiger partial charge in [-0.05, 0) is 25.8 Å². The third-order valence-corrected chi connectivity index (χ3v) is 4.77. The summed E-state index contributed by atoms with van der Waals surface area (Å²) in [4.78, 5) is 0. The molecule has 0 fully saturated rings. The van der Waals surface area contributed by atoms with Crippen molar-refractivity contribution in [2.75, 3.05) is 11.6 Å². The summed E-state index contributed by atoms with van der Waals surface area (Å²) in [6, 6.07) is 0. The Balaban J connectivity index is 4.15. The van der Waals surface area contributed by atoms with Crippen LogP contribution in [0.5, 0.6) is 0 Å². The van der Waals surface area contributed by atoms with Crippen LogP contribution in [0.25, 0.3) is 0 Å². The van der Waals surface area contributed by atoms with Crippen molar-refractivity contribution in [1.29, 1.82) is 0 Å². The number of hydrogen-bond donors (Lipinski definition) is 0. The standard InChI is InChI=1S/C12H19ClOS2/c1-10(2)6-5-7-16(14)15-9-12(4)11(3)8-13/h6-7,10H,8-9H2,1-4H3/b12-11+. The first-order valence-corrected chi connectivity index (χ1v) is 8.40. The maximum absolute atomic E-state index is 11.5. The fourth-order valence-corrected chi connectivity index (χ4v) is 2.98. The Hall–Kier alpha value is 0.0500. The van der Waals surface area contributed by atoms with E-state index in [1.165, 1.54) is 16.4 Å². The topological polar surface area (TPSA) is 17.1 Å². The van der Waals surface area contributed by atoms with Crippen molar-refractivity contribution < 1.29 is 4.21 Å². The smallest absolute Gasteiger partial charge is 0.113 e. The van der Waals surface area contributed by atoms with E-state index < -0.39 is 9.83 Å². The van der Waals surface area contributed by atoms with Crippen molar-refractivity contribution >= 4 is 32.2 Å².